The molecule has 82 valence electrons. The summed E-state index contributed by atoms with van der Waals surface area (Å²) in [4.78, 5) is 11.0. The average Bonchev–Trinajstić information content (AvgIpc) is 1.98. The number of amides is 1. The monoisotopic (exact) mass is 204 g/mol. The highest BCUT2D eigenvalue weighted by Crippen LogP contribution is 2.06. The van der Waals surface area contributed by atoms with Gasteiger partial charge in [-0.3, -0.25) is 0 Å². The predicted molar refractivity (Wildman–Crippen MR) is 52.5 cm³/mol. The van der Waals surface area contributed by atoms with Crippen LogP contribution < -0.4 is 11.1 Å². The second-order valence-corrected chi connectivity index (χ2v) is 3.74. The van der Waals surface area contributed by atoms with Crippen molar-refractivity contribution in [1.82, 2.24) is 5.32 Å². The fourth-order valence-electron chi connectivity index (χ4n) is 0.671. The van der Waals surface area contributed by atoms with Crippen molar-refractivity contribution < 1.29 is 13.9 Å². The molecule has 0 spiro atoms. The lowest BCUT2D eigenvalue weighted by molar-refractivity contribution is 0.0530. The Kier molecular flexibility index (Phi) is 5.15. The van der Waals surface area contributed by atoms with Crippen molar-refractivity contribution in [3.63, 3.8) is 0 Å². The molecular formula is C9H17FN2O2. The highest BCUT2D eigenvalue weighted by Gasteiger charge is 2.15. The Hall–Kier alpha value is -1.10. The Bertz CT molecular complexity index is 221. The molecule has 0 unspecified atom stereocenters. The van der Waals surface area contributed by atoms with Crippen LogP contribution in [0.2, 0.25) is 0 Å². The highest BCUT2D eigenvalue weighted by atomic mass is 19.1. The smallest absolute Gasteiger partial charge is 0.408 e. The van der Waals surface area contributed by atoms with Crippen LogP contribution in [0.25, 0.3) is 0 Å². The van der Waals surface area contributed by atoms with Crippen molar-refractivity contribution in [1.29, 1.82) is 0 Å². The lowest BCUT2D eigenvalue weighted by Gasteiger charge is -2.19. The number of carbonyl (C=O) groups excluding carboxylic acids is 1. The zero-order valence-corrected chi connectivity index (χ0v) is 8.76. The Morgan fingerprint density at radius 1 is 1.57 bits per heavy atom. The van der Waals surface area contributed by atoms with Gasteiger partial charge < -0.3 is 15.8 Å². The Balaban J connectivity index is 3.81. The number of hydrogen-bond donors (Lipinski definition) is 2. The average molecular weight is 204 g/mol. The Morgan fingerprint density at radius 2 is 2.14 bits per heavy atom. The fraction of sp³-hybridized carbons (Fsp3) is 0.667. The van der Waals surface area contributed by atoms with E-state index in [4.69, 9.17) is 10.5 Å². The molecule has 1 amide bonds. The van der Waals surface area contributed by atoms with Gasteiger partial charge in [0.15, 0.2) is 0 Å². The summed E-state index contributed by atoms with van der Waals surface area (Å²) < 4.78 is 17.6. The molecule has 0 aromatic carbocycles. The molecule has 0 aromatic rings. The lowest BCUT2D eigenvalue weighted by atomic mass is 10.2. The summed E-state index contributed by atoms with van der Waals surface area (Å²) in [6, 6.07) is 0. The van der Waals surface area contributed by atoms with Crippen LogP contribution in [0.1, 0.15) is 20.8 Å². The van der Waals surface area contributed by atoms with Crippen molar-refractivity contribution in [3.8, 4) is 0 Å². The van der Waals surface area contributed by atoms with E-state index in [0.29, 0.717) is 0 Å². The van der Waals surface area contributed by atoms with Gasteiger partial charge in [0.1, 0.15) is 11.4 Å². The molecule has 0 aliphatic heterocycles. The van der Waals surface area contributed by atoms with Crippen LogP contribution >= 0.6 is 0 Å². The van der Waals surface area contributed by atoms with Gasteiger partial charge in [-0.25, -0.2) is 9.18 Å². The van der Waals surface area contributed by atoms with Crippen LogP contribution in [0, 0.1) is 0 Å². The summed E-state index contributed by atoms with van der Waals surface area (Å²) in [6.07, 6.45) is 0.551. The van der Waals surface area contributed by atoms with Gasteiger partial charge in [0.2, 0.25) is 0 Å². The molecule has 0 saturated carbocycles. The van der Waals surface area contributed by atoms with Gasteiger partial charge in [-0.2, -0.15) is 0 Å². The molecule has 0 atom stereocenters. The van der Waals surface area contributed by atoms with Crippen molar-refractivity contribution in [2.45, 2.75) is 26.4 Å². The van der Waals surface area contributed by atoms with E-state index in [9.17, 15) is 9.18 Å². The zero-order chi connectivity index (χ0) is 11.2. The van der Waals surface area contributed by atoms with Gasteiger partial charge >= 0.3 is 6.09 Å². The van der Waals surface area contributed by atoms with Gasteiger partial charge in [-0.1, -0.05) is 0 Å². The first-order valence-corrected chi connectivity index (χ1v) is 4.36. The second kappa shape index (κ2) is 5.59. The molecule has 0 heterocycles. The van der Waals surface area contributed by atoms with Gasteiger partial charge in [0, 0.05) is 6.54 Å². The van der Waals surface area contributed by atoms with Crippen molar-refractivity contribution in [2.75, 3.05) is 13.1 Å². The molecule has 5 heteroatoms. The number of ether oxygens (including phenoxy) is 1. The molecule has 0 aliphatic carbocycles. The minimum absolute atomic E-state index is 0.113. The first kappa shape index (κ1) is 12.9. The van der Waals surface area contributed by atoms with E-state index in [1.54, 1.807) is 20.8 Å². The van der Waals surface area contributed by atoms with Crippen LogP contribution in [-0.2, 0) is 4.74 Å². The molecule has 0 radical (unpaired) electrons. The second-order valence-electron chi connectivity index (χ2n) is 3.74. The zero-order valence-electron chi connectivity index (χ0n) is 8.76. The third-order valence-electron chi connectivity index (χ3n) is 1.14. The van der Waals surface area contributed by atoms with Crippen LogP contribution in [0.5, 0.6) is 0 Å². The summed E-state index contributed by atoms with van der Waals surface area (Å²) >= 11 is 0. The summed E-state index contributed by atoms with van der Waals surface area (Å²) in [5.41, 5.74) is 4.51. The number of hydrogen-bond acceptors (Lipinski definition) is 3. The minimum atomic E-state index is -0.641. The van der Waals surface area contributed by atoms with E-state index in [1.807, 2.05) is 0 Å². The van der Waals surface area contributed by atoms with Crippen molar-refractivity contribution in [3.05, 3.63) is 11.9 Å². The summed E-state index contributed by atoms with van der Waals surface area (Å²) in [5.74, 6) is -0.474. The number of rotatable bonds is 3. The van der Waals surface area contributed by atoms with E-state index >= 15 is 0 Å². The quantitative estimate of drug-likeness (QED) is 0.728. The number of carbonyl (C=O) groups is 1. The number of halogens is 1. The lowest BCUT2D eigenvalue weighted by Crippen LogP contribution is -2.33. The van der Waals surface area contributed by atoms with E-state index in [1.165, 1.54) is 6.08 Å². The van der Waals surface area contributed by atoms with Crippen molar-refractivity contribution >= 4 is 6.09 Å². The molecule has 0 aromatic heterocycles. The highest BCUT2D eigenvalue weighted by molar-refractivity contribution is 5.67. The van der Waals surface area contributed by atoms with E-state index in [2.05, 4.69) is 5.32 Å². The molecule has 14 heavy (non-hydrogen) atoms. The normalized spacial score (nSPS) is 12.5. The maximum Gasteiger partial charge on any atom is 0.408 e. The SMILES string of the molecule is CC(C)(C)OC(=O)NC/C(F)=C/CN. The maximum atomic E-state index is 12.7. The fourth-order valence-corrected chi connectivity index (χ4v) is 0.671. The van der Waals surface area contributed by atoms with Crippen LogP contribution in [0.15, 0.2) is 11.9 Å². The van der Waals surface area contributed by atoms with Gasteiger partial charge in [0.05, 0.1) is 6.54 Å². The number of nitrogens with one attached hydrogen (secondary N) is 1. The molecular weight excluding hydrogens is 187 g/mol. The van der Waals surface area contributed by atoms with Crippen LogP contribution in [-0.4, -0.2) is 24.8 Å². The van der Waals surface area contributed by atoms with Crippen LogP contribution in [0.4, 0.5) is 9.18 Å². The molecule has 0 fully saturated rings. The Labute approximate surface area is 83.3 Å². The maximum absolute atomic E-state index is 12.7. The topological polar surface area (TPSA) is 64.3 Å². The standard InChI is InChI=1S/C9H17FN2O2/c1-9(2,3)14-8(13)12-6-7(10)4-5-11/h4H,5-6,11H2,1-3H3,(H,12,13)/b7-4-. The van der Waals surface area contributed by atoms with Gasteiger partial charge in [0.25, 0.3) is 0 Å². The predicted octanol–water partition coefficient (Wildman–Crippen LogP) is 1.32. The largest absolute Gasteiger partial charge is 0.444 e. The molecule has 4 nitrogen and oxygen atoms in total. The summed E-state index contributed by atoms with van der Waals surface area (Å²) in [5, 5.41) is 2.26. The molecule has 3 N–H and O–H groups in total. The van der Waals surface area contributed by atoms with E-state index in [-0.39, 0.29) is 13.1 Å². The number of alkyl carbamates (subject to hydrolysis) is 1. The molecule has 0 aliphatic rings. The summed E-state index contributed by atoms with van der Waals surface area (Å²) in [7, 11) is 0. The van der Waals surface area contributed by atoms with Gasteiger partial charge in [-0.05, 0) is 26.8 Å². The molecule has 0 bridgehead atoms. The van der Waals surface area contributed by atoms with Crippen molar-refractivity contribution in [2.24, 2.45) is 5.73 Å². The van der Waals surface area contributed by atoms with E-state index < -0.39 is 17.5 Å². The first-order chi connectivity index (χ1) is 6.35. The summed E-state index contributed by atoms with van der Waals surface area (Å²) in [6.45, 7) is 5.13. The molecule has 0 saturated heterocycles. The third-order valence-corrected chi connectivity index (χ3v) is 1.14. The van der Waals surface area contributed by atoms with Gasteiger partial charge in [-0.15, -0.1) is 0 Å². The van der Waals surface area contributed by atoms with Crippen LogP contribution in [0.3, 0.4) is 0 Å². The number of nitrogens with two attached hydrogens (primary N) is 1. The third kappa shape index (κ3) is 7.54. The molecule has 0 rings (SSSR count). The van der Waals surface area contributed by atoms with E-state index in [0.717, 1.165) is 0 Å². The Morgan fingerprint density at radius 3 is 2.57 bits per heavy atom. The first-order valence-electron chi connectivity index (χ1n) is 4.36. The minimum Gasteiger partial charge on any atom is -0.444 e.